The highest BCUT2D eigenvalue weighted by Gasteiger charge is 2.04. The second-order valence-electron chi connectivity index (χ2n) is 5.37. The van der Waals surface area contributed by atoms with E-state index in [1.807, 2.05) is 55.6 Å². The Labute approximate surface area is 140 Å². The van der Waals surface area contributed by atoms with Crippen molar-refractivity contribution in [3.8, 4) is 11.3 Å². The van der Waals surface area contributed by atoms with E-state index in [-0.39, 0.29) is 6.03 Å². The lowest BCUT2D eigenvalue weighted by atomic mass is 10.1. The number of anilines is 1. The molecule has 6 heteroatoms. The molecular formula is C18H19N5O. The van der Waals surface area contributed by atoms with Crippen molar-refractivity contribution in [1.82, 2.24) is 20.1 Å². The third-order valence-electron chi connectivity index (χ3n) is 3.69. The van der Waals surface area contributed by atoms with Gasteiger partial charge in [0.05, 0.1) is 5.69 Å². The highest BCUT2D eigenvalue weighted by molar-refractivity contribution is 5.89. The number of nitrogens with one attached hydrogen (secondary N) is 2. The van der Waals surface area contributed by atoms with Crippen LogP contribution in [0, 0.1) is 0 Å². The van der Waals surface area contributed by atoms with E-state index in [2.05, 4.69) is 20.7 Å². The Bertz CT molecular complexity index is 796. The molecule has 0 spiro atoms. The number of hydrogen-bond donors (Lipinski definition) is 2. The molecule has 0 aliphatic rings. The van der Waals surface area contributed by atoms with Crippen LogP contribution in [-0.4, -0.2) is 27.3 Å². The molecule has 1 aromatic carbocycles. The maximum Gasteiger partial charge on any atom is 0.319 e. The molecule has 3 rings (SSSR count). The Kier molecular flexibility index (Phi) is 4.86. The lowest BCUT2D eigenvalue weighted by Gasteiger charge is -2.08. The van der Waals surface area contributed by atoms with Crippen molar-refractivity contribution >= 4 is 11.7 Å². The van der Waals surface area contributed by atoms with Crippen molar-refractivity contribution in [3.05, 3.63) is 66.6 Å². The van der Waals surface area contributed by atoms with E-state index >= 15 is 0 Å². The Morgan fingerprint density at radius 3 is 2.58 bits per heavy atom. The zero-order valence-electron chi connectivity index (χ0n) is 13.4. The Morgan fingerprint density at radius 2 is 1.92 bits per heavy atom. The number of aryl methyl sites for hydroxylation is 1. The van der Waals surface area contributed by atoms with Gasteiger partial charge in [0.2, 0.25) is 0 Å². The molecule has 24 heavy (non-hydrogen) atoms. The first-order valence-electron chi connectivity index (χ1n) is 7.75. The summed E-state index contributed by atoms with van der Waals surface area (Å²) < 4.78 is 1.80. The minimum Gasteiger partial charge on any atom is -0.337 e. The standard InChI is InChI=1S/C18H19N5O/c1-23-16(10-13-21-23)9-12-20-18(24)22-15-7-5-14(6-8-15)17-4-2-3-11-19-17/h2-8,10-11,13H,9,12H2,1H3,(H2,20,22,24). The van der Waals surface area contributed by atoms with E-state index in [0.717, 1.165) is 29.1 Å². The van der Waals surface area contributed by atoms with Gasteiger partial charge in [-0.05, 0) is 30.3 Å². The maximum atomic E-state index is 11.9. The minimum absolute atomic E-state index is 0.220. The molecule has 0 aliphatic carbocycles. The second-order valence-corrected chi connectivity index (χ2v) is 5.37. The second kappa shape index (κ2) is 7.41. The van der Waals surface area contributed by atoms with Crippen LogP contribution in [0.2, 0.25) is 0 Å². The predicted octanol–water partition coefficient (Wildman–Crippen LogP) is 2.85. The van der Waals surface area contributed by atoms with Crippen LogP contribution in [0.4, 0.5) is 10.5 Å². The lowest BCUT2D eigenvalue weighted by molar-refractivity contribution is 0.252. The number of aromatic nitrogens is 3. The van der Waals surface area contributed by atoms with E-state index < -0.39 is 0 Å². The van der Waals surface area contributed by atoms with Gasteiger partial charge in [-0.15, -0.1) is 0 Å². The molecule has 2 aromatic heterocycles. The fraction of sp³-hybridized carbons (Fsp3) is 0.167. The Hall–Kier alpha value is -3.15. The normalized spacial score (nSPS) is 10.4. The van der Waals surface area contributed by atoms with Gasteiger partial charge in [0.1, 0.15) is 0 Å². The van der Waals surface area contributed by atoms with E-state index in [1.54, 1.807) is 17.1 Å². The number of amides is 2. The SMILES string of the molecule is Cn1nccc1CCNC(=O)Nc1ccc(-c2ccccn2)cc1. The zero-order chi connectivity index (χ0) is 16.8. The molecule has 3 aromatic rings. The van der Waals surface area contributed by atoms with Crippen LogP contribution >= 0.6 is 0 Å². The molecule has 2 heterocycles. The molecule has 0 saturated heterocycles. The quantitative estimate of drug-likeness (QED) is 0.759. The highest BCUT2D eigenvalue weighted by atomic mass is 16.2. The Morgan fingerprint density at radius 1 is 1.08 bits per heavy atom. The topological polar surface area (TPSA) is 71.8 Å². The highest BCUT2D eigenvalue weighted by Crippen LogP contribution is 2.18. The van der Waals surface area contributed by atoms with Gasteiger partial charge in [-0.3, -0.25) is 9.67 Å². The number of carbonyl (C=O) groups is 1. The van der Waals surface area contributed by atoms with E-state index in [1.165, 1.54) is 0 Å². The fourth-order valence-corrected chi connectivity index (χ4v) is 2.38. The summed E-state index contributed by atoms with van der Waals surface area (Å²) >= 11 is 0. The van der Waals surface area contributed by atoms with Crippen LogP contribution in [0.15, 0.2) is 60.9 Å². The Balaban J connectivity index is 1.50. The molecule has 2 amide bonds. The zero-order valence-corrected chi connectivity index (χ0v) is 13.4. The molecule has 122 valence electrons. The van der Waals surface area contributed by atoms with Crippen molar-refractivity contribution in [2.24, 2.45) is 7.05 Å². The maximum absolute atomic E-state index is 11.9. The predicted molar refractivity (Wildman–Crippen MR) is 93.6 cm³/mol. The average Bonchev–Trinajstić information content (AvgIpc) is 3.01. The van der Waals surface area contributed by atoms with Crippen LogP contribution in [0.3, 0.4) is 0 Å². The fourth-order valence-electron chi connectivity index (χ4n) is 2.38. The van der Waals surface area contributed by atoms with Crippen molar-refractivity contribution in [2.75, 3.05) is 11.9 Å². The number of benzene rings is 1. The summed E-state index contributed by atoms with van der Waals surface area (Å²) in [7, 11) is 1.89. The number of pyridine rings is 1. The minimum atomic E-state index is -0.220. The van der Waals surface area contributed by atoms with Crippen molar-refractivity contribution in [2.45, 2.75) is 6.42 Å². The number of urea groups is 1. The number of rotatable bonds is 5. The van der Waals surface area contributed by atoms with Crippen molar-refractivity contribution < 1.29 is 4.79 Å². The van der Waals surface area contributed by atoms with Crippen LogP contribution < -0.4 is 10.6 Å². The molecular weight excluding hydrogens is 302 g/mol. The molecule has 6 nitrogen and oxygen atoms in total. The molecule has 0 radical (unpaired) electrons. The average molecular weight is 321 g/mol. The van der Waals surface area contributed by atoms with E-state index in [4.69, 9.17) is 0 Å². The summed E-state index contributed by atoms with van der Waals surface area (Å²) in [6.45, 7) is 0.553. The number of nitrogens with zero attached hydrogens (tertiary/aromatic N) is 3. The van der Waals surface area contributed by atoms with Gasteiger partial charge < -0.3 is 10.6 Å². The summed E-state index contributed by atoms with van der Waals surface area (Å²) in [5.41, 5.74) is 3.74. The molecule has 0 unspecified atom stereocenters. The van der Waals surface area contributed by atoms with Gasteiger partial charge in [0.25, 0.3) is 0 Å². The largest absolute Gasteiger partial charge is 0.337 e. The first-order chi connectivity index (χ1) is 11.7. The third kappa shape index (κ3) is 3.98. The smallest absolute Gasteiger partial charge is 0.319 e. The summed E-state index contributed by atoms with van der Waals surface area (Å²) in [6, 6.07) is 15.1. The summed E-state index contributed by atoms with van der Waals surface area (Å²) in [5.74, 6) is 0. The van der Waals surface area contributed by atoms with Crippen LogP contribution in [-0.2, 0) is 13.5 Å². The molecule has 0 bridgehead atoms. The molecule has 0 fully saturated rings. The van der Waals surface area contributed by atoms with Gasteiger partial charge in [0.15, 0.2) is 0 Å². The van der Waals surface area contributed by atoms with E-state index in [9.17, 15) is 4.79 Å². The van der Waals surface area contributed by atoms with Gasteiger partial charge >= 0.3 is 6.03 Å². The molecule has 0 atom stereocenters. The molecule has 2 N–H and O–H groups in total. The van der Waals surface area contributed by atoms with Crippen LogP contribution in [0.1, 0.15) is 5.69 Å². The first-order valence-corrected chi connectivity index (χ1v) is 7.75. The van der Waals surface area contributed by atoms with Crippen molar-refractivity contribution in [1.29, 1.82) is 0 Å². The number of carbonyl (C=O) groups excluding carboxylic acids is 1. The number of hydrogen-bond acceptors (Lipinski definition) is 3. The summed E-state index contributed by atoms with van der Waals surface area (Å²) in [4.78, 5) is 16.2. The van der Waals surface area contributed by atoms with Crippen LogP contribution in [0.25, 0.3) is 11.3 Å². The van der Waals surface area contributed by atoms with Crippen LogP contribution in [0.5, 0.6) is 0 Å². The van der Waals surface area contributed by atoms with Crippen molar-refractivity contribution in [3.63, 3.8) is 0 Å². The summed E-state index contributed by atoms with van der Waals surface area (Å²) in [6.07, 6.45) is 4.25. The van der Waals surface area contributed by atoms with Gasteiger partial charge in [0, 0.05) is 49.4 Å². The monoisotopic (exact) mass is 321 g/mol. The third-order valence-corrected chi connectivity index (χ3v) is 3.69. The first kappa shape index (κ1) is 15.7. The summed E-state index contributed by atoms with van der Waals surface area (Å²) in [5, 5.41) is 9.76. The van der Waals surface area contributed by atoms with E-state index in [0.29, 0.717) is 6.54 Å². The van der Waals surface area contributed by atoms with Gasteiger partial charge in [-0.25, -0.2) is 4.79 Å². The van der Waals surface area contributed by atoms with Gasteiger partial charge in [-0.2, -0.15) is 5.10 Å². The molecule has 0 aliphatic heterocycles. The lowest BCUT2D eigenvalue weighted by Crippen LogP contribution is -2.30. The van der Waals surface area contributed by atoms with Gasteiger partial charge in [-0.1, -0.05) is 18.2 Å². The molecule has 0 saturated carbocycles.